The van der Waals surface area contributed by atoms with Gasteiger partial charge in [-0.05, 0) is 158 Å². The Balaban J connectivity index is 0.000000123. The molecule has 136 heavy (non-hydrogen) atoms. The minimum Gasteiger partial charge on any atom is -0.379 e. The number of fused-ring (bicyclic) bond motifs is 5. The quantitative estimate of drug-likeness (QED) is 0.0473. The first-order valence-electron chi connectivity index (χ1n) is 45.7. The van der Waals surface area contributed by atoms with Crippen LogP contribution < -0.4 is 28.7 Å². The third-order valence-corrected chi connectivity index (χ3v) is 25.2. The van der Waals surface area contributed by atoms with E-state index in [2.05, 4.69) is 183 Å². The van der Waals surface area contributed by atoms with E-state index in [9.17, 15) is 24.0 Å². The van der Waals surface area contributed by atoms with Gasteiger partial charge in [-0.1, -0.05) is 60.7 Å². The van der Waals surface area contributed by atoms with Crippen LogP contribution in [0.2, 0.25) is 0 Å². The summed E-state index contributed by atoms with van der Waals surface area (Å²) < 4.78 is 36.6. The van der Waals surface area contributed by atoms with Gasteiger partial charge in [0.1, 0.15) is 28.5 Å². The highest BCUT2D eigenvalue weighted by Gasteiger charge is 2.29. The van der Waals surface area contributed by atoms with Crippen molar-refractivity contribution in [2.75, 3.05) is 92.1 Å². The zero-order valence-electron chi connectivity index (χ0n) is 78.6. The van der Waals surface area contributed by atoms with Gasteiger partial charge in [0.2, 0.25) is 0 Å². The molecule has 6 atom stereocenters. The number of rotatable bonds is 20. The van der Waals surface area contributed by atoms with E-state index in [1.165, 1.54) is 0 Å². The van der Waals surface area contributed by atoms with Crippen molar-refractivity contribution in [2.45, 2.75) is 111 Å². The van der Waals surface area contributed by atoms with Gasteiger partial charge in [-0.3, -0.25) is 71.9 Å². The highest BCUT2D eigenvalue weighted by molar-refractivity contribution is 6.05. The van der Waals surface area contributed by atoms with Crippen molar-refractivity contribution in [3.05, 3.63) is 240 Å². The lowest BCUT2D eigenvalue weighted by atomic mass is 10.0. The molecule has 0 aliphatic carbocycles. The summed E-state index contributed by atoms with van der Waals surface area (Å²) in [4.78, 5) is 93.5. The average Bonchev–Trinajstić information content (AvgIpc) is 1.31. The van der Waals surface area contributed by atoms with Crippen LogP contribution in [0.5, 0.6) is 0 Å². The molecule has 15 heterocycles. The second-order valence-corrected chi connectivity index (χ2v) is 35.9. The maximum absolute atomic E-state index is 11.8. The molecule has 0 saturated carbocycles. The van der Waals surface area contributed by atoms with Crippen LogP contribution in [0.3, 0.4) is 0 Å². The van der Waals surface area contributed by atoms with E-state index in [1.807, 2.05) is 90.5 Å². The first-order chi connectivity index (χ1) is 65.4. The largest absolute Gasteiger partial charge is 0.379 e. The molecule has 15 aromatic rings. The zero-order valence-corrected chi connectivity index (χ0v) is 78.6. The van der Waals surface area contributed by atoms with Gasteiger partial charge in [-0.25, -0.2) is 24.9 Å². The van der Waals surface area contributed by atoms with Gasteiger partial charge in [0.25, 0.3) is 29.5 Å². The molecule has 0 spiro atoms. The Bertz CT molecular complexity index is 6570. The van der Waals surface area contributed by atoms with E-state index in [0.717, 1.165) is 263 Å². The first-order valence-corrected chi connectivity index (χ1v) is 45.7. The van der Waals surface area contributed by atoms with Gasteiger partial charge in [-0.2, -0.15) is 25.5 Å². The van der Waals surface area contributed by atoms with E-state index in [0.29, 0.717) is 24.2 Å². The summed E-state index contributed by atoms with van der Waals surface area (Å²) in [5.41, 5.74) is 47.7. The van der Waals surface area contributed by atoms with Crippen molar-refractivity contribution >= 4 is 84.1 Å². The molecule has 5 fully saturated rings. The number of carbonyl (C=O) groups excluding carboxylic acids is 5. The molecule has 10 aromatic heterocycles. The Labute approximate surface area is 787 Å². The average molecular weight is 1840 g/mol. The lowest BCUT2D eigenvalue weighted by Gasteiger charge is -2.38. The Morgan fingerprint density at radius 3 is 0.794 bits per heavy atom. The van der Waals surface area contributed by atoms with Crippen LogP contribution in [-0.4, -0.2) is 256 Å². The van der Waals surface area contributed by atoms with Crippen molar-refractivity contribution < 1.29 is 47.7 Å². The lowest BCUT2D eigenvalue weighted by Crippen LogP contribution is -2.48. The first kappa shape index (κ1) is 95.3. The molecule has 5 aromatic carbocycles. The molecular weight excluding hydrogens is 1720 g/mol. The summed E-state index contributed by atoms with van der Waals surface area (Å²) in [5, 5.41) is 26.1. The third kappa shape index (κ3) is 23.0. The number of ether oxygens (including phenoxy) is 5. The van der Waals surface area contributed by atoms with E-state index < -0.39 is 29.5 Å². The predicted molar refractivity (Wildman–Crippen MR) is 520 cm³/mol. The number of aromatic nitrogens is 15. The summed E-state index contributed by atoms with van der Waals surface area (Å²) in [6, 6.07) is 41.3. The SMILES string of the molecule is C[C@@H]1CN(Cc2ccc3c(-c4cnn(C)c4)cc(C(N)=O)nc3c2)CCO1.C[C@@H]1COCCN1Cc1ccc2c(-c3cnn(C)c3)cc(C(N)=O)nc2c1.C[C@@H]1COC[C@@H](C)N1Cc1ccc2c(-c3cnn(C)c3)cc(C(N)=O)nc2c1.C[C@H]1CN(Cc2ccc3c(-c4cnn(C)c4)cc(C(N)=O)nc3c2)CCO1.C[C@H]1COCCN1Cc1ccc2c(-c3cnn(C)c3)cc(C(N)=O)nc2c1. The van der Waals surface area contributed by atoms with Gasteiger partial charge in [0, 0.05) is 217 Å². The number of primary amides is 5. The summed E-state index contributed by atoms with van der Waals surface area (Å²) in [7, 11) is 9.32. The number of aryl methyl sites for hydroxylation is 5. The Kier molecular flexibility index (Phi) is 29.7. The third-order valence-electron chi connectivity index (χ3n) is 25.2. The Morgan fingerprint density at radius 1 is 0.309 bits per heavy atom. The number of hydrogen-bond acceptors (Lipinski definition) is 25. The molecule has 706 valence electrons. The maximum atomic E-state index is 11.8. The highest BCUT2D eigenvalue weighted by atomic mass is 16.5. The normalized spacial score (nSPS) is 18.6. The minimum absolute atomic E-state index is 0.246. The number of nitrogens with two attached hydrogens (primary N) is 5. The van der Waals surface area contributed by atoms with Crippen molar-refractivity contribution in [1.82, 2.24) is 98.3 Å². The molecule has 35 heteroatoms. The van der Waals surface area contributed by atoms with E-state index in [-0.39, 0.29) is 40.7 Å². The van der Waals surface area contributed by atoms with Crippen LogP contribution in [0.15, 0.2) is 183 Å². The number of carbonyl (C=O) groups is 5. The van der Waals surface area contributed by atoms with Gasteiger partial charge in [-0.15, -0.1) is 0 Å². The molecule has 20 rings (SSSR count). The summed E-state index contributed by atoms with van der Waals surface area (Å²) in [6.45, 7) is 28.5. The number of pyridine rings is 5. The molecule has 0 bridgehead atoms. The van der Waals surface area contributed by atoms with Gasteiger partial charge < -0.3 is 52.4 Å². The fraction of sp³-hybridized carbons (Fsp3) is 0.356. The van der Waals surface area contributed by atoms with E-state index in [1.54, 1.807) is 84.7 Å². The van der Waals surface area contributed by atoms with Gasteiger partial charge in [0.15, 0.2) is 0 Å². The van der Waals surface area contributed by atoms with E-state index in [4.69, 9.17) is 52.4 Å². The van der Waals surface area contributed by atoms with Crippen LogP contribution in [0.25, 0.3) is 110 Å². The monoisotopic (exact) mass is 1840 g/mol. The number of amides is 5. The standard InChI is InChI=1S/C21H25N5O2.4C20H23N5O2/c1-13-11-28-12-14(2)26(13)9-15-4-5-17-18(16-8-23-25(3)10-16)7-20(21(22)27)24-19(17)6-15;2*1-13-12-27-6-5-25(13)10-14-3-4-16-17(15-9-22-24(2)11-15)8-19(20(21)26)23-18(16)7-14;2*1-13-10-25(5-6-27-13)11-14-3-4-16-17(15-9-22-24(2)12-15)8-19(20(21)26)23-18(16)7-14/h4-8,10,13-14H,9,11-12H2,1-3H3,(H2,22,27);2*3-4,7-9,11,13H,5-6,10,12H2,1-2H3,(H2,21,26);2*3-4,7-9,12-13H,5-6,10-11H2,1-2H3,(H2,21,26)/t13-,14-;4*13-/m11010/s1. The summed E-state index contributed by atoms with van der Waals surface area (Å²) in [6.07, 6.45) is 19.0. The number of hydrogen-bond donors (Lipinski definition) is 5. The molecule has 5 aliphatic heterocycles. The van der Waals surface area contributed by atoms with Crippen molar-refractivity contribution in [3.8, 4) is 55.6 Å². The molecule has 5 aliphatic rings. The maximum Gasteiger partial charge on any atom is 0.267 e. The molecule has 35 nitrogen and oxygen atoms in total. The predicted octanol–water partition coefficient (Wildman–Crippen LogP) is 10.2. The molecule has 5 amide bonds. The molecule has 0 radical (unpaired) electrons. The lowest BCUT2D eigenvalue weighted by molar-refractivity contribution is -0.0409. The topological polar surface area (TPSA) is 431 Å². The fourth-order valence-electron chi connectivity index (χ4n) is 18.1. The number of nitrogens with zero attached hydrogens (tertiary/aromatic N) is 20. The van der Waals surface area contributed by atoms with Gasteiger partial charge >= 0.3 is 0 Å². The van der Waals surface area contributed by atoms with Crippen molar-refractivity contribution in [1.29, 1.82) is 0 Å². The number of morpholine rings is 5. The highest BCUT2D eigenvalue weighted by Crippen LogP contribution is 2.37. The zero-order chi connectivity index (χ0) is 95.7. The van der Waals surface area contributed by atoms with Crippen molar-refractivity contribution in [3.63, 3.8) is 0 Å². The molecule has 10 N–H and O–H groups in total. The number of benzene rings is 5. The fourth-order valence-corrected chi connectivity index (χ4v) is 18.1. The minimum atomic E-state index is -0.534. The van der Waals surface area contributed by atoms with Crippen LogP contribution in [0.4, 0.5) is 0 Å². The Hall–Kier alpha value is -13.9. The van der Waals surface area contributed by atoms with Crippen LogP contribution in [-0.2, 0) is 91.6 Å². The van der Waals surface area contributed by atoms with Gasteiger partial charge in [0.05, 0.1) is 124 Å². The second-order valence-electron chi connectivity index (χ2n) is 35.9. The molecular formula is C101H117N25O10. The molecule has 0 unspecified atom stereocenters. The molecule has 5 saturated heterocycles. The summed E-state index contributed by atoms with van der Waals surface area (Å²) >= 11 is 0. The van der Waals surface area contributed by atoms with Crippen LogP contribution in [0.1, 0.15) is 122 Å². The van der Waals surface area contributed by atoms with E-state index >= 15 is 0 Å². The Morgan fingerprint density at radius 2 is 0.559 bits per heavy atom. The second kappa shape index (κ2) is 42.4. The summed E-state index contributed by atoms with van der Waals surface area (Å²) in [5.74, 6) is -2.67. The van der Waals surface area contributed by atoms with Crippen molar-refractivity contribution in [2.24, 2.45) is 63.9 Å². The van der Waals surface area contributed by atoms with Crippen LogP contribution in [0, 0.1) is 0 Å². The van der Waals surface area contributed by atoms with Crippen LogP contribution >= 0.6 is 0 Å². The smallest absolute Gasteiger partial charge is 0.267 e.